The van der Waals surface area contributed by atoms with Crippen molar-refractivity contribution in [1.29, 1.82) is 0 Å². The van der Waals surface area contributed by atoms with Gasteiger partial charge in [-0.05, 0) is 33.6 Å². The summed E-state index contributed by atoms with van der Waals surface area (Å²) in [4.78, 5) is 4.30. The number of rotatable bonds is 4. The van der Waals surface area contributed by atoms with Gasteiger partial charge in [0.1, 0.15) is 12.2 Å². The molecule has 2 rings (SSSR count). The number of hydrogen-bond acceptors (Lipinski definition) is 4. The minimum atomic E-state index is 0.0979. The van der Waals surface area contributed by atoms with Gasteiger partial charge in [0, 0.05) is 12.1 Å². The van der Waals surface area contributed by atoms with Crippen LogP contribution in [0.15, 0.2) is 6.33 Å². The van der Waals surface area contributed by atoms with E-state index in [9.17, 15) is 0 Å². The molecule has 1 unspecified atom stereocenters. The first-order chi connectivity index (χ1) is 8.04. The molecule has 1 atom stereocenters. The zero-order chi connectivity index (χ0) is 12.3. The molecule has 1 aliphatic heterocycles. The van der Waals surface area contributed by atoms with Crippen LogP contribution in [0.3, 0.4) is 0 Å². The Kier molecular flexibility index (Phi) is 3.79. The molecular weight excluding hydrogens is 216 g/mol. The predicted octanol–water partition coefficient (Wildman–Crippen LogP) is 1.35. The molecule has 1 N–H and O–H groups in total. The molecule has 1 saturated heterocycles. The van der Waals surface area contributed by atoms with E-state index in [-0.39, 0.29) is 5.54 Å². The van der Waals surface area contributed by atoms with Crippen molar-refractivity contribution in [3.8, 4) is 0 Å². The Bertz CT molecular complexity index is 350. The van der Waals surface area contributed by atoms with Gasteiger partial charge in [-0.3, -0.25) is 0 Å². The number of nitrogens with zero attached hydrogens (tertiary/aromatic N) is 3. The maximum Gasteiger partial charge on any atom is 0.140 e. The number of ether oxygens (including phenoxy) is 1. The molecule has 0 bridgehead atoms. The van der Waals surface area contributed by atoms with E-state index < -0.39 is 0 Å². The Morgan fingerprint density at radius 3 is 3.00 bits per heavy atom. The second-order valence-electron chi connectivity index (χ2n) is 5.60. The molecule has 1 aliphatic rings. The lowest BCUT2D eigenvalue weighted by Gasteiger charge is -2.20. The minimum Gasteiger partial charge on any atom is -0.376 e. The van der Waals surface area contributed by atoms with E-state index >= 15 is 0 Å². The molecule has 1 aromatic heterocycles. The van der Waals surface area contributed by atoms with Crippen LogP contribution >= 0.6 is 0 Å². The summed E-state index contributed by atoms with van der Waals surface area (Å²) in [6, 6.07) is 0. The first kappa shape index (κ1) is 12.5. The average molecular weight is 238 g/mol. The van der Waals surface area contributed by atoms with E-state index in [4.69, 9.17) is 4.74 Å². The van der Waals surface area contributed by atoms with Gasteiger partial charge in [-0.25, -0.2) is 9.67 Å². The average Bonchev–Trinajstić information content (AvgIpc) is 2.86. The van der Waals surface area contributed by atoms with Crippen LogP contribution in [0.25, 0.3) is 0 Å². The fourth-order valence-electron chi connectivity index (χ4n) is 1.90. The van der Waals surface area contributed by atoms with Gasteiger partial charge in [-0.15, -0.1) is 0 Å². The van der Waals surface area contributed by atoms with Crippen LogP contribution in [-0.2, 0) is 17.8 Å². The summed E-state index contributed by atoms with van der Waals surface area (Å²) in [6.07, 6.45) is 4.22. The summed E-state index contributed by atoms with van der Waals surface area (Å²) >= 11 is 0. The lowest BCUT2D eigenvalue weighted by molar-refractivity contribution is 0.0929. The van der Waals surface area contributed by atoms with Gasteiger partial charge >= 0.3 is 0 Å². The van der Waals surface area contributed by atoms with Gasteiger partial charge in [0.15, 0.2) is 0 Å². The Labute approximate surface area is 103 Å². The predicted molar refractivity (Wildman–Crippen MR) is 65.6 cm³/mol. The smallest absolute Gasteiger partial charge is 0.140 e. The number of nitrogens with one attached hydrogen (secondary N) is 1. The second kappa shape index (κ2) is 5.14. The molecule has 2 heterocycles. The normalized spacial score (nSPS) is 21.0. The van der Waals surface area contributed by atoms with E-state index in [1.54, 1.807) is 6.33 Å². The van der Waals surface area contributed by atoms with Gasteiger partial charge in [0.25, 0.3) is 0 Å². The lowest BCUT2D eigenvalue weighted by atomic mass is 10.1. The minimum absolute atomic E-state index is 0.0979. The summed E-state index contributed by atoms with van der Waals surface area (Å²) < 4.78 is 7.57. The SMILES string of the molecule is CC(C)(C)NCc1ncnn1CC1CCCO1. The maximum atomic E-state index is 5.62. The second-order valence-corrected chi connectivity index (χ2v) is 5.60. The largest absolute Gasteiger partial charge is 0.376 e. The number of hydrogen-bond donors (Lipinski definition) is 1. The first-order valence-corrected chi connectivity index (χ1v) is 6.28. The van der Waals surface area contributed by atoms with Gasteiger partial charge in [-0.2, -0.15) is 5.10 Å². The van der Waals surface area contributed by atoms with Gasteiger partial charge < -0.3 is 10.1 Å². The van der Waals surface area contributed by atoms with Gasteiger partial charge in [0.05, 0.1) is 19.2 Å². The third-order valence-corrected chi connectivity index (χ3v) is 2.87. The monoisotopic (exact) mass is 238 g/mol. The summed E-state index contributed by atoms with van der Waals surface area (Å²) in [6.45, 7) is 8.89. The Balaban J connectivity index is 1.91. The molecule has 0 aromatic carbocycles. The fraction of sp³-hybridized carbons (Fsp3) is 0.833. The standard InChI is InChI=1S/C12H22N4O/c1-12(2,3)14-7-11-13-9-15-16(11)8-10-5-4-6-17-10/h9-10,14H,4-8H2,1-3H3. The molecular formula is C12H22N4O. The van der Waals surface area contributed by atoms with Crippen molar-refractivity contribution in [2.75, 3.05) is 6.61 Å². The van der Waals surface area contributed by atoms with Crippen molar-refractivity contribution in [2.45, 2.75) is 58.3 Å². The zero-order valence-electron chi connectivity index (χ0n) is 10.9. The Morgan fingerprint density at radius 2 is 2.35 bits per heavy atom. The zero-order valence-corrected chi connectivity index (χ0v) is 10.9. The molecule has 5 nitrogen and oxygen atoms in total. The van der Waals surface area contributed by atoms with Crippen molar-refractivity contribution in [1.82, 2.24) is 20.1 Å². The highest BCUT2D eigenvalue weighted by Crippen LogP contribution is 2.14. The van der Waals surface area contributed by atoms with Crippen LogP contribution < -0.4 is 5.32 Å². The van der Waals surface area contributed by atoms with E-state index in [1.807, 2.05) is 4.68 Å². The third kappa shape index (κ3) is 3.78. The highest BCUT2D eigenvalue weighted by Gasteiger charge is 2.18. The molecule has 1 aromatic rings. The molecule has 96 valence electrons. The quantitative estimate of drug-likeness (QED) is 0.860. The summed E-state index contributed by atoms with van der Waals surface area (Å²) in [5.74, 6) is 0.982. The summed E-state index contributed by atoms with van der Waals surface area (Å²) in [5, 5.41) is 7.69. The molecule has 0 aliphatic carbocycles. The maximum absolute atomic E-state index is 5.62. The molecule has 0 amide bonds. The van der Waals surface area contributed by atoms with E-state index in [0.717, 1.165) is 38.4 Å². The van der Waals surface area contributed by atoms with Crippen LogP contribution in [0.4, 0.5) is 0 Å². The topological polar surface area (TPSA) is 52.0 Å². The van der Waals surface area contributed by atoms with Crippen LogP contribution in [-0.4, -0.2) is 33.0 Å². The molecule has 0 saturated carbocycles. The Hall–Kier alpha value is -0.940. The van der Waals surface area contributed by atoms with E-state index in [0.29, 0.717) is 6.10 Å². The summed E-state index contributed by atoms with van der Waals surface area (Å²) in [7, 11) is 0. The lowest BCUT2D eigenvalue weighted by Crippen LogP contribution is -2.36. The van der Waals surface area contributed by atoms with Gasteiger partial charge in [0.2, 0.25) is 0 Å². The third-order valence-electron chi connectivity index (χ3n) is 2.87. The highest BCUT2D eigenvalue weighted by atomic mass is 16.5. The van der Waals surface area contributed by atoms with Crippen LogP contribution in [0.1, 0.15) is 39.4 Å². The van der Waals surface area contributed by atoms with Crippen molar-refractivity contribution in [3.63, 3.8) is 0 Å². The van der Waals surface area contributed by atoms with E-state index in [2.05, 4.69) is 36.2 Å². The summed E-state index contributed by atoms with van der Waals surface area (Å²) in [5.41, 5.74) is 0.0979. The highest BCUT2D eigenvalue weighted by molar-refractivity contribution is 4.87. The molecule has 0 spiro atoms. The van der Waals surface area contributed by atoms with E-state index in [1.165, 1.54) is 0 Å². The number of aromatic nitrogens is 3. The molecule has 1 fully saturated rings. The molecule has 17 heavy (non-hydrogen) atoms. The molecule has 0 radical (unpaired) electrons. The Morgan fingerprint density at radius 1 is 1.53 bits per heavy atom. The fourth-order valence-corrected chi connectivity index (χ4v) is 1.90. The van der Waals surface area contributed by atoms with Crippen molar-refractivity contribution in [2.24, 2.45) is 0 Å². The van der Waals surface area contributed by atoms with Crippen molar-refractivity contribution in [3.05, 3.63) is 12.2 Å². The van der Waals surface area contributed by atoms with Crippen LogP contribution in [0.2, 0.25) is 0 Å². The van der Waals surface area contributed by atoms with Gasteiger partial charge in [-0.1, -0.05) is 0 Å². The van der Waals surface area contributed by atoms with Crippen LogP contribution in [0.5, 0.6) is 0 Å². The first-order valence-electron chi connectivity index (χ1n) is 6.28. The van der Waals surface area contributed by atoms with Crippen LogP contribution in [0, 0.1) is 0 Å². The molecule has 5 heteroatoms. The van der Waals surface area contributed by atoms with Crippen molar-refractivity contribution >= 4 is 0 Å². The van der Waals surface area contributed by atoms with Crippen molar-refractivity contribution < 1.29 is 4.74 Å².